The van der Waals surface area contributed by atoms with Crippen LogP contribution in [-0.2, 0) is 4.74 Å². The lowest BCUT2D eigenvalue weighted by atomic mass is 10.0. The van der Waals surface area contributed by atoms with Gasteiger partial charge >= 0.3 is 0 Å². The molecule has 76 valence electrons. The van der Waals surface area contributed by atoms with Crippen molar-refractivity contribution in [1.82, 2.24) is 5.32 Å². The van der Waals surface area contributed by atoms with Crippen LogP contribution in [0.2, 0.25) is 0 Å². The summed E-state index contributed by atoms with van der Waals surface area (Å²) in [7, 11) is 0. The molecule has 0 spiro atoms. The maximum atomic E-state index is 9.46. The molecule has 0 aromatic heterocycles. The van der Waals surface area contributed by atoms with E-state index in [0.717, 1.165) is 19.5 Å². The van der Waals surface area contributed by atoms with Crippen LogP contribution in [-0.4, -0.2) is 35.8 Å². The molecule has 0 radical (unpaired) electrons. The second-order valence-electron chi connectivity index (χ2n) is 3.28. The van der Waals surface area contributed by atoms with Gasteiger partial charge in [0.1, 0.15) is 5.60 Å². The molecule has 3 nitrogen and oxygen atoms in total. The zero-order chi connectivity index (χ0) is 9.73. The minimum Gasteiger partial charge on any atom is -0.368 e. The van der Waals surface area contributed by atoms with Crippen LogP contribution in [0.1, 0.15) is 12.8 Å². The van der Waals surface area contributed by atoms with Gasteiger partial charge in [0.15, 0.2) is 6.29 Å². The van der Waals surface area contributed by atoms with Gasteiger partial charge in [-0.05, 0) is 18.7 Å². The van der Waals surface area contributed by atoms with Crippen molar-refractivity contribution in [2.45, 2.75) is 24.7 Å². The molecule has 2 atom stereocenters. The van der Waals surface area contributed by atoms with E-state index in [1.807, 2.05) is 0 Å². The standard InChI is InChI=1S/C9H17NO2S/c1-2-9(4-5-10-7-9)12-8(11)3-6-13/h2,8,10-11,13H,1,3-7H2. The van der Waals surface area contributed by atoms with Crippen molar-refractivity contribution in [2.75, 3.05) is 18.8 Å². The van der Waals surface area contributed by atoms with E-state index in [0.29, 0.717) is 12.2 Å². The monoisotopic (exact) mass is 203 g/mol. The Balaban J connectivity index is 2.43. The van der Waals surface area contributed by atoms with Crippen LogP contribution in [0.3, 0.4) is 0 Å². The fourth-order valence-electron chi connectivity index (χ4n) is 1.45. The molecule has 0 aliphatic carbocycles. The molecule has 0 saturated carbocycles. The van der Waals surface area contributed by atoms with Crippen LogP contribution in [0.4, 0.5) is 0 Å². The first-order valence-corrected chi connectivity index (χ1v) is 5.17. The van der Waals surface area contributed by atoms with Crippen molar-refractivity contribution in [2.24, 2.45) is 0 Å². The summed E-state index contributed by atoms with van der Waals surface area (Å²) in [5, 5.41) is 12.6. The molecule has 0 aromatic rings. The largest absolute Gasteiger partial charge is 0.368 e. The lowest BCUT2D eigenvalue weighted by Crippen LogP contribution is -2.37. The van der Waals surface area contributed by atoms with Crippen molar-refractivity contribution in [1.29, 1.82) is 0 Å². The van der Waals surface area contributed by atoms with E-state index in [2.05, 4.69) is 24.5 Å². The summed E-state index contributed by atoms with van der Waals surface area (Å²) in [6.45, 7) is 5.39. The number of hydrogen-bond acceptors (Lipinski definition) is 4. The molecule has 0 aromatic carbocycles. The van der Waals surface area contributed by atoms with Gasteiger partial charge in [-0.2, -0.15) is 12.6 Å². The van der Waals surface area contributed by atoms with Crippen LogP contribution in [0.25, 0.3) is 0 Å². The summed E-state index contributed by atoms with van der Waals surface area (Å²) in [4.78, 5) is 0. The van der Waals surface area contributed by atoms with Gasteiger partial charge in [-0.15, -0.1) is 6.58 Å². The van der Waals surface area contributed by atoms with E-state index in [1.165, 1.54) is 0 Å². The highest BCUT2D eigenvalue weighted by Gasteiger charge is 2.33. The second-order valence-corrected chi connectivity index (χ2v) is 3.73. The summed E-state index contributed by atoms with van der Waals surface area (Å²) in [6, 6.07) is 0. The number of ether oxygens (including phenoxy) is 1. The number of aliphatic hydroxyl groups excluding tert-OH is 1. The van der Waals surface area contributed by atoms with Crippen molar-refractivity contribution in [3.05, 3.63) is 12.7 Å². The maximum absolute atomic E-state index is 9.46. The third-order valence-corrected chi connectivity index (χ3v) is 2.53. The molecule has 2 unspecified atom stereocenters. The number of thiol groups is 1. The molecule has 0 amide bonds. The number of rotatable bonds is 5. The Labute approximate surface area is 84.6 Å². The van der Waals surface area contributed by atoms with E-state index in [4.69, 9.17) is 4.74 Å². The molecule has 13 heavy (non-hydrogen) atoms. The highest BCUT2D eigenvalue weighted by Crippen LogP contribution is 2.23. The average molecular weight is 203 g/mol. The molecule has 1 aliphatic heterocycles. The number of hydrogen-bond donors (Lipinski definition) is 3. The van der Waals surface area contributed by atoms with E-state index < -0.39 is 6.29 Å². The Bertz CT molecular complexity index is 169. The van der Waals surface area contributed by atoms with Crippen LogP contribution in [0.15, 0.2) is 12.7 Å². The average Bonchev–Trinajstić information content (AvgIpc) is 2.54. The molecular weight excluding hydrogens is 186 g/mol. The van der Waals surface area contributed by atoms with Gasteiger partial charge < -0.3 is 15.2 Å². The smallest absolute Gasteiger partial charge is 0.156 e. The minimum absolute atomic E-state index is 0.373. The number of aliphatic hydroxyl groups is 1. The van der Waals surface area contributed by atoms with Crippen LogP contribution in [0.5, 0.6) is 0 Å². The van der Waals surface area contributed by atoms with Gasteiger partial charge in [-0.25, -0.2) is 0 Å². The zero-order valence-electron chi connectivity index (χ0n) is 7.70. The molecule has 1 saturated heterocycles. The summed E-state index contributed by atoms with van der Waals surface area (Å²) in [6.07, 6.45) is 2.48. The van der Waals surface area contributed by atoms with Gasteiger partial charge in [0.05, 0.1) is 0 Å². The SMILES string of the molecule is C=CC1(OC(O)CCS)CCNC1. The summed E-state index contributed by atoms with van der Waals surface area (Å²) in [5.74, 6) is 0.627. The fraction of sp³-hybridized carbons (Fsp3) is 0.778. The van der Waals surface area contributed by atoms with Crippen molar-refractivity contribution in [3.63, 3.8) is 0 Å². The van der Waals surface area contributed by atoms with E-state index in [1.54, 1.807) is 6.08 Å². The van der Waals surface area contributed by atoms with Crippen LogP contribution >= 0.6 is 12.6 Å². The lowest BCUT2D eigenvalue weighted by molar-refractivity contribution is -0.159. The van der Waals surface area contributed by atoms with E-state index >= 15 is 0 Å². The zero-order valence-corrected chi connectivity index (χ0v) is 8.59. The van der Waals surface area contributed by atoms with Crippen molar-refractivity contribution < 1.29 is 9.84 Å². The summed E-state index contributed by atoms with van der Waals surface area (Å²) in [5.41, 5.74) is -0.373. The highest BCUT2D eigenvalue weighted by molar-refractivity contribution is 7.80. The minimum atomic E-state index is -0.726. The van der Waals surface area contributed by atoms with Crippen molar-refractivity contribution in [3.8, 4) is 0 Å². The third kappa shape index (κ3) is 2.98. The molecule has 1 heterocycles. The van der Waals surface area contributed by atoms with Gasteiger partial charge in [-0.1, -0.05) is 6.08 Å². The Morgan fingerprint density at radius 2 is 2.54 bits per heavy atom. The molecule has 0 bridgehead atoms. The quantitative estimate of drug-likeness (QED) is 0.347. The van der Waals surface area contributed by atoms with Crippen LogP contribution in [0, 0.1) is 0 Å². The van der Waals surface area contributed by atoms with Gasteiger partial charge in [0.25, 0.3) is 0 Å². The molecule has 1 rings (SSSR count). The predicted molar refractivity (Wildman–Crippen MR) is 56.0 cm³/mol. The first kappa shape index (κ1) is 11.0. The first-order valence-electron chi connectivity index (χ1n) is 4.53. The topological polar surface area (TPSA) is 41.5 Å². The molecule has 4 heteroatoms. The van der Waals surface area contributed by atoms with Crippen LogP contribution < -0.4 is 5.32 Å². The molecular formula is C9H17NO2S. The third-order valence-electron chi connectivity index (χ3n) is 2.27. The summed E-state index contributed by atoms with van der Waals surface area (Å²) >= 11 is 4.03. The maximum Gasteiger partial charge on any atom is 0.156 e. The molecule has 1 aliphatic rings. The Kier molecular flexibility index (Phi) is 4.25. The second kappa shape index (κ2) is 5.00. The van der Waals surface area contributed by atoms with E-state index in [-0.39, 0.29) is 5.60 Å². The number of nitrogens with one attached hydrogen (secondary N) is 1. The van der Waals surface area contributed by atoms with Gasteiger partial charge in [-0.3, -0.25) is 0 Å². The lowest BCUT2D eigenvalue weighted by Gasteiger charge is -2.27. The van der Waals surface area contributed by atoms with Gasteiger partial charge in [0.2, 0.25) is 0 Å². The van der Waals surface area contributed by atoms with Gasteiger partial charge in [0, 0.05) is 13.0 Å². The normalized spacial score (nSPS) is 30.3. The van der Waals surface area contributed by atoms with E-state index in [9.17, 15) is 5.11 Å². The summed E-state index contributed by atoms with van der Waals surface area (Å²) < 4.78 is 5.51. The first-order chi connectivity index (χ1) is 6.22. The Morgan fingerprint density at radius 1 is 1.77 bits per heavy atom. The predicted octanol–water partition coefficient (Wildman–Crippen LogP) is 0.559. The Morgan fingerprint density at radius 3 is 3.00 bits per heavy atom. The molecule has 2 N–H and O–H groups in total. The highest BCUT2D eigenvalue weighted by atomic mass is 32.1. The molecule has 1 fully saturated rings. The van der Waals surface area contributed by atoms with Crippen molar-refractivity contribution >= 4 is 12.6 Å². The fourth-order valence-corrected chi connectivity index (χ4v) is 1.67. The Hall–Kier alpha value is -0.0300.